The van der Waals surface area contributed by atoms with Crippen molar-refractivity contribution in [2.24, 2.45) is 0 Å². The average Bonchev–Trinajstić information content (AvgIpc) is 2.67. The predicted molar refractivity (Wildman–Crippen MR) is 66.4 cm³/mol. The molecular formula is C10H20N4O2S. The van der Waals surface area contributed by atoms with Gasteiger partial charge in [0.05, 0.1) is 0 Å². The summed E-state index contributed by atoms with van der Waals surface area (Å²) in [5, 5.41) is 3.04. The van der Waals surface area contributed by atoms with Crippen LogP contribution < -0.4 is 5.32 Å². The lowest BCUT2D eigenvalue weighted by atomic mass is 10.6. The zero-order valence-corrected chi connectivity index (χ0v) is 11.6. The normalized spacial score (nSPS) is 12.3. The van der Waals surface area contributed by atoms with Gasteiger partial charge >= 0.3 is 0 Å². The number of sulfonamides is 1. The molecule has 0 atom stereocenters. The van der Waals surface area contributed by atoms with Gasteiger partial charge < -0.3 is 9.88 Å². The van der Waals surface area contributed by atoms with Gasteiger partial charge in [-0.05, 0) is 20.9 Å². The largest absolute Gasteiger partial charge is 0.334 e. The quantitative estimate of drug-likeness (QED) is 0.785. The Bertz CT molecular complexity index is 467. The van der Waals surface area contributed by atoms with Crippen LogP contribution in [0, 0.1) is 6.92 Å². The summed E-state index contributed by atoms with van der Waals surface area (Å²) in [5.41, 5.74) is 0. The van der Waals surface area contributed by atoms with E-state index in [1.54, 1.807) is 27.2 Å². The molecule has 0 bridgehead atoms. The fourth-order valence-corrected chi connectivity index (χ4v) is 2.63. The van der Waals surface area contributed by atoms with E-state index in [0.717, 1.165) is 0 Å². The number of aromatic nitrogens is 2. The van der Waals surface area contributed by atoms with Crippen LogP contribution in [0.3, 0.4) is 0 Å². The molecule has 6 nitrogen and oxygen atoms in total. The molecule has 1 heterocycles. The molecule has 17 heavy (non-hydrogen) atoms. The van der Waals surface area contributed by atoms with Gasteiger partial charge in [-0.1, -0.05) is 0 Å². The molecule has 0 aliphatic rings. The van der Waals surface area contributed by atoms with Crippen molar-refractivity contribution in [3.63, 3.8) is 0 Å². The molecule has 1 N–H and O–H groups in total. The van der Waals surface area contributed by atoms with E-state index in [4.69, 9.17) is 0 Å². The third-order valence-corrected chi connectivity index (χ3v) is 4.37. The number of imidazole rings is 1. The van der Waals surface area contributed by atoms with E-state index < -0.39 is 10.0 Å². The molecule has 0 aliphatic heterocycles. The maximum absolute atomic E-state index is 12.1. The van der Waals surface area contributed by atoms with E-state index in [2.05, 4.69) is 10.3 Å². The maximum atomic E-state index is 12.1. The van der Waals surface area contributed by atoms with Gasteiger partial charge in [-0.3, -0.25) is 0 Å². The molecule has 0 amide bonds. The molecule has 98 valence electrons. The first-order valence-corrected chi connectivity index (χ1v) is 7.02. The van der Waals surface area contributed by atoms with Crippen molar-refractivity contribution in [1.29, 1.82) is 0 Å². The van der Waals surface area contributed by atoms with Crippen LogP contribution in [0.15, 0.2) is 11.2 Å². The molecule has 1 aromatic rings. The first kappa shape index (κ1) is 14.1. The summed E-state index contributed by atoms with van der Waals surface area (Å²) in [5.74, 6) is 0.716. The molecule has 1 rings (SSSR count). The van der Waals surface area contributed by atoms with Gasteiger partial charge in [-0.15, -0.1) is 0 Å². The van der Waals surface area contributed by atoms with Crippen LogP contribution >= 0.6 is 0 Å². The van der Waals surface area contributed by atoms with Crippen molar-refractivity contribution in [2.45, 2.75) is 25.4 Å². The van der Waals surface area contributed by atoms with Crippen LogP contribution in [0.2, 0.25) is 0 Å². The number of hydrogen-bond acceptors (Lipinski definition) is 4. The molecule has 0 saturated carbocycles. The third kappa shape index (κ3) is 3.05. The standard InChI is InChI=1S/C10H20N4O2S/c1-5-14-8-10(12-9(14)2)17(15,16)13(4)7-6-11-3/h8,11H,5-7H2,1-4H3. The van der Waals surface area contributed by atoms with Crippen LogP contribution in [0.5, 0.6) is 0 Å². The van der Waals surface area contributed by atoms with Gasteiger partial charge in [-0.25, -0.2) is 13.4 Å². The van der Waals surface area contributed by atoms with E-state index in [-0.39, 0.29) is 5.03 Å². The highest BCUT2D eigenvalue weighted by Gasteiger charge is 2.23. The van der Waals surface area contributed by atoms with Crippen LogP contribution in [0.25, 0.3) is 0 Å². The summed E-state index contributed by atoms with van der Waals surface area (Å²) in [4.78, 5) is 4.10. The Labute approximate surface area is 103 Å². The Morgan fingerprint density at radius 2 is 2.18 bits per heavy atom. The minimum atomic E-state index is -3.46. The van der Waals surface area contributed by atoms with E-state index in [1.807, 2.05) is 11.5 Å². The molecule has 0 aromatic carbocycles. The summed E-state index contributed by atoms with van der Waals surface area (Å²) < 4.78 is 27.4. The zero-order valence-electron chi connectivity index (χ0n) is 10.8. The molecule has 0 spiro atoms. The predicted octanol–water partition coefficient (Wildman–Crippen LogP) is 0.0513. The van der Waals surface area contributed by atoms with Crippen LogP contribution in [0.4, 0.5) is 0 Å². The van der Waals surface area contributed by atoms with Crippen molar-refractivity contribution in [3.05, 3.63) is 12.0 Å². The van der Waals surface area contributed by atoms with Crippen molar-refractivity contribution in [2.75, 3.05) is 27.2 Å². The molecule has 0 radical (unpaired) electrons. The molecule has 0 fully saturated rings. The Hall–Kier alpha value is -0.920. The third-order valence-electron chi connectivity index (χ3n) is 2.65. The van der Waals surface area contributed by atoms with E-state index in [1.165, 1.54) is 4.31 Å². The number of nitrogens with zero attached hydrogens (tertiary/aromatic N) is 3. The first-order chi connectivity index (χ1) is 7.93. The maximum Gasteiger partial charge on any atom is 0.261 e. The Morgan fingerprint density at radius 1 is 1.53 bits per heavy atom. The number of likely N-dealkylation sites (N-methyl/N-ethyl adjacent to an activating group) is 2. The van der Waals surface area contributed by atoms with Crippen molar-refractivity contribution >= 4 is 10.0 Å². The number of rotatable bonds is 6. The lowest BCUT2D eigenvalue weighted by Gasteiger charge is -2.14. The smallest absolute Gasteiger partial charge is 0.261 e. The SMILES string of the molecule is CCn1cc(S(=O)(=O)N(C)CCNC)nc1C. The molecule has 0 unspecified atom stereocenters. The lowest BCUT2D eigenvalue weighted by Crippen LogP contribution is -2.33. The van der Waals surface area contributed by atoms with Crippen LogP contribution in [0.1, 0.15) is 12.7 Å². The molecule has 0 saturated heterocycles. The van der Waals surface area contributed by atoms with E-state index in [9.17, 15) is 8.42 Å². The summed E-state index contributed by atoms with van der Waals surface area (Å²) >= 11 is 0. The average molecular weight is 260 g/mol. The summed E-state index contributed by atoms with van der Waals surface area (Å²) in [6, 6.07) is 0. The summed E-state index contributed by atoms with van der Waals surface area (Å²) in [6.07, 6.45) is 1.58. The zero-order chi connectivity index (χ0) is 13.1. The molecule has 0 aliphatic carbocycles. The Morgan fingerprint density at radius 3 is 2.65 bits per heavy atom. The fourth-order valence-electron chi connectivity index (χ4n) is 1.47. The number of hydrogen-bond donors (Lipinski definition) is 1. The minimum absolute atomic E-state index is 0.121. The minimum Gasteiger partial charge on any atom is -0.334 e. The van der Waals surface area contributed by atoms with Gasteiger partial charge in [0, 0.05) is 32.9 Å². The Balaban J connectivity index is 2.96. The first-order valence-electron chi connectivity index (χ1n) is 5.58. The van der Waals surface area contributed by atoms with Gasteiger partial charge in [0.15, 0.2) is 5.03 Å². The number of nitrogens with one attached hydrogen (secondary N) is 1. The van der Waals surface area contributed by atoms with Crippen LogP contribution in [-0.4, -0.2) is 49.5 Å². The van der Waals surface area contributed by atoms with Gasteiger partial charge in [0.2, 0.25) is 0 Å². The summed E-state index contributed by atoms with van der Waals surface area (Å²) in [6.45, 7) is 5.51. The molecule has 1 aromatic heterocycles. The number of aryl methyl sites for hydroxylation is 2. The second-order valence-electron chi connectivity index (χ2n) is 3.84. The Kier molecular flexibility index (Phi) is 4.67. The summed E-state index contributed by atoms with van der Waals surface area (Å²) in [7, 11) is -0.111. The van der Waals surface area contributed by atoms with Crippen molar-refractivity contribution in [1.82, 2.24) is 19.2 Å². The van der Waals surface area contributed by atoms with Gasteiger partial charge in [0.1, 0.15) is 5.82 Å². The second kappa shape index (κ2) is 5.61. The molecular weight excluding hydrogens is 240 g/mol. The fraction of sp³-hybridized carbons (Fsp3) is 0.700. The van der Waals surface area contributed by atoms with Gasteiger partial charge in [0.25, 0.3) is 10.0 Å². The van der Waals surface area contributed by atoms with Crippen molar-refractivity contribution in [3.8, 4) is 0 Å². The van der Waals surface area contributed by atoms with Crippen molar-refractivity contribution < 1.29 is 8.42 Å². The highest BCUT2D eigenvalue weighted by Crippen LogP contribution is 2.13. The topological polar surface area (TPSA) is 67.2 Å². The monoisotopic (exact) mass is 260 g/mol. The highest BCUT2D eigenvalue weighted by molar-refractivity contribution is 7.89. The second-order valence-corrected chi connectivity index (χ2v) is 5.83. The van der Waals surface area contributed by atoms with E-state index in [0.29, 0.717) is 25.5 Å². The van der Waals surface area contributed by atoms with E-state index >= 15 is 0 Å². The molecule has 7 heteroatoms. The van der Waals surface area contributed by atoms with Crippen LogP contribution in [-0.2, 0) is 16.6 Å². The lowest BCUT2D eigenvalue weighted by molar-refractivity contribution is 0.463. The van der Waals surface area contributed by atoms with Gasteiger partial charge in [-0.2, -0.15) is 4.31 Å². The highest BCUT2D eigenvalue weighted by atomic mass is 32.2.